The Morgan fingerprint density at radius 1 is 0.850 bits per heavy atom. The lowest BCUT2D eigenvalue weighted by Gasteiger charge is -2.31. The van der Waals surface area contributed by atoms with Crippen LogP contribution in [0.15, 0.2) is 60.7 Å². The molecule has 5 atom stereocenters. The molecule has 0 unspecified atom stereocenters. The van der Waals surface area contributed by atoms with E-state index in [0.29, 0.717) is 19.3 Å². The summed E-state index contributed by atoms with van der Waals surface area (Å²) in [4.78, 5) is 38.1. The molecule has 4 N–H and O–H groups in total. The number of amides is 3. The first-order valence-electron chi connectivity index (χ1n) is 13.8. The van der Waals surface area contributed by atoms with Crippen LogP contribution in [0.3, 0.4) is 0 Å². The third-order valence-electron chi connectivity index (χ3n) is 6.62. The van der Waals surface area contributed by atoms with E-state index < -0.39 is 47.9 Å². The molecule has 0 aliphatic carbocycles. The Morgan fingerprint density at radius 2 is 1.40 bits per heavy atom. The van der Waals surface area contributed by atoms with Crippen LogP contribution >= 0.6 is 0 Å². The zero-order chi connectivity index (χ0) is 29.7. The number of hydrogen-bond donors (Lipinski definition) is 4. The molecular formula is C31H45N3O6. The van der Waals surface area contributed by atoms with Crippen molar-refractivity contribution in [3.05, 3.63) is 71.8 Å². The standard InChI is InChI=1S/C31H45N3O6/c1-7-21(2)27(34-29(37)39-6)28(36)33-25(19-23-16-12-9-13-17-23)26(35)20-24(18-22-14-10-8-11-15-22)32-30(38)40-31(3,4)5/h8-17,21,24-27,35H,7,18-20H2,1-6H3,(H,32,38)(H,33,36)(H,34,37)/t21-,24-,25-,26-,27-/m0/s1. The number of ether oxygens (including phenoxy) is 2. The Morgan fingerprint density at radius 3 is 1.90 bits per heavy atom. The van der Waals surface area contributed by atoms with E-state index in [4.69, 9.17) is 9.47 Å². The summed E-state index contributed by atoms with van der Waals surface area (Å²) < 4.78 is 10.2. The molecule has 2 aromatic carbocycles. The van der Waals surface area contributed by atoms with Crippen LogP contribution in [0.4, 0.5) is 9.59 Å². The molecule has 3 amide bonds. The quantitative estimate of drug-likeness (QED) is 0.291. The fourth-order valence-electron chi connectivity index (χ4n) is 4.33. The van der Waals surface area contributed by atoms with Crippen LogP contribution in [-0.2, 0) is 27.1 Å². The molecule has 220 valence electrons. The maximum absolute atomic E-state index is 13.4. The third kappa shape index (κ3) is 11.7. The Kier molecular flexibility index (Phi) is 12.9. The molecule has 0 spiro atoms. The van der Waals surface area contributed by atoms with Gasteiger partial charge in [-0.1, -0.05) is 80.9 Å². The van der Waals surface area contributed by atoms with Crippen molar-refractivity contribution in [2.24, 2.45) is 5.92 Å². The van der Waals surface area contributed by atoms with Crippen LogP contribution in [0.1, 0.15) is 58.6 Å². The predicted molar refractivity (Wildman–Crippen MR) is 155 cm³/mol. The van der Waals surface area contributed by atoms with E-state index in [1.807, 2.05) is 74.5 Å². The Hall–Kier alpha value is -3.59. The number of methoxy groups -OCH3 is 1. The molecule has 0 radical (unpaired) electrons. The Labute approximate surface area is 238 Å². The molecule has 0 bridgehead atoms. The van der Waals surface area contributed by atoms with Crippen molar-refractivity contribution in [2.45, 2.75) is 90.1 Å². The highest BCUT2D eigenvalue weighted by atomic mass is 16.6. The maximum Gasteiger partial charge on any atom is 0.407 e. The lowest BCUT2D eigenvalue weighted by molar-refractivity contribution is -0.125. The van der Waals surface area contributed by atoms with Crippen molar-refractivity contribution >= 4 is 18.1 Å². The molecule has 0 aliphatic heterocycles. The first-order valence-corrected chi connectivity index (χ1v) is 13.8. The van der Waals surface area contributed by atoms with E-state index in [0.717, 1.165) is 11.1 Å². The van der Waals surface area contributed by atoms with Gasteiger partial charge in [0.2, 0.25) is 5.91 Å². The summed E-state index contributed by atoms with van der Waals surface area (Å²) >= 11 is 0. The lowest BCUT2D eigenvalue weighted by Crippen LogP contribution is -2.56. The third-order valence-corrected chi connectivity index (χ3v) is 6.62. The van der Waals surface area contributed by atoms with Gasteiger partial charge in [-0.2, -0.15) is 0 Å². The van der Waals surface area contributed by atoms with Crippen LogP contribution in [0, 0.1) is 5.92 Å². The smallest absolute Gasteiger partial charge is 0.407 e. The van der Waals surface area contributed by atoms with E-state index in [1.54, 1.807) is 20.8 Å². The molecule has 0 fully saturated rings. The number of aliphatic hydroxyl groups excluding tert-OH is 1. The fourth-order valence-corrected chi connectivity index (χ4v) is 4.33. The summed E-state index contributed by atoms with van der Waals surface area (Å²) in [7, 11) is 1.24. The van der Waals surface area contributed by atoms with Crippen molar-refractivity contribution in [3.8, 4) is 0 Å². The number of benzene rings is 2. The molecule has 0 saturated carbocycles. The predicted octanol–water partition coefficient (Wildman–Crippen LogP) is 4.37. The van der Waals surface area contributed by atoms with E-state index >= 15 is 0 Å². The zero-order valence-electron chi connectivity index (χ0n) is 24.5. The Bertz CT molecular complexity index is 1060. The number of hydrogen-bond acceptors (Lipinski definition) is 6. The second-order valence-corrected chi connectivity index (χ2v) is 11.1. The summed E-state index contributed by atoms with van der Waals surface area (Å²) in [5.74, 6) is -0.590. The lowest BCUT2D eigenvalue weighted by atomic mass is 9.92. The van der Waals surface area contributed by atoms with Gasteiger partial charge in [-0.25, -0.2) is 9.59 Å². The summed E-state index contributed by atoms with van der Waals surface area (Å²) in [5.41, 5.74) is 1.23. The Balaban J connectivity index is 2.30. The first kappa shape index (κ1) is 32.6. The van der Waals surface area contributed by atoms with Gasteiger partial charge in [-0.15, -0.1) is 0 Å². The first-order chi connectivity index (χ1) is 18.9. The molecule has 0 heterocycles. The zero-order valence-corrected chi connectivity index (χ0v) is 24.5. The van der Waals surface area contributed by atoms with Gasteiger partial charge in [-0.05, 0) is 57.1 Å². The summed E-state index contributed by atoms with van der Waals surface area (Å²) in [6.45, 7) is 9.15. The monoisotopic (exact) mass is 555 g/mol. The number of carbonyl (C=O) groups is 3. The van der Waals surface area contributed by atoms with Gasteiger partial charge in [0.1, 0.15) is 11.6 Å². The summed E-state index contributed by atoms with van der Waals surface area (Å²) in [6, 6.07) is 17.2. The highest BCUT2D eigenvalue weighted by Gasteiger charge is 2.32. The van der Waals surface area contributed by atoms with Crippen LogP contribution in [0.5, 0.6) is 0 Å². The fraction of sp³-hybridized carbons (Fsp3) is 0.516. The largest absolute Gasteiger partial charge is 0.453 e. The minimum Gasteiger partial charge on any atom is -0.453 e. The molecule has 9 nitrogen and oxygen atoms in total. The maximum atomic E-state index is 13.4. The van der Waals surface area contributed by atoms with Gasteiger partial charge in [0.25, 0.3) is 0 Å². The summed E-state index contributed by atoms with van der Waals surface area (Å²) in [6.07, 6.45) is -0.694. The molecule has 0 aromatic heterocycles. The number of rotatable bonds is 13. The number of carbonyl (C=O) groups excluding carboxylic acids is 3. The van der Waals surface area contributed by atoms with Crippen LogP contribution in [0.2, 0.25) is 0 Å². The van der Waals surface area contributed by atoms with Crippen molar-refractivity contribution in [2.75, 3.05) is 7.11 Å². The van der Waals surface area contributed by atoms with Gasteiger partial charge in [0, 0.05) is 6.04 Å². The number of nitrogens with one attached hydrogen (secondary N) is 3. The molecule has 9 heteroatoms. The van der Waals surface area contributed by atoms with Crippen molar-refractivity contribution in [1.29, 1.82) is 0 Å². The van der Waals surface area contributed by atoms with Crippen molar-refractivity contribution < 1.29 is 29.0 Å². The second kappa shape index (κ2) is 15.9. The summed E-state index contributed by atoms with van der Waals surface area (Å²) in [5, 5.41) is 20.0. The van der Waals surface area contributed by atoms with E-state index in [1.165, 1.54) is 7.11 Å². The molecule has 0 aliphatic rings. The van der Waals surface area contributed by atoms with E-state index in [2.05, 4.69) is 16.0 Å². The number of alkyl carbamates (subject to hydrolysis) is 2. The molecule has 0 saturated heterocycles. The van der Waals surface area contributed by atoms with Crippen molar-refractivity contribution in [3.63, 3.8) is 0 Å². The van der Waals surface area contributed by atoms with Crippen LogP contribution in [-0.4, -0.2) is 60.1 Å². The second-order valence-electron chi connectivity index (χ2n) is 11.1. The highest BCUT2D eigenvalue weighted by Crippen LogP contribution is 2.16. The van der Waals surface area contributed by atoms with E-state index in [-0.39, 0.29) is 12.3 Å². The van der Waals surface area contributed by atoms with Crippen LogP contribution < -0.4 is 16.0 Å². The highest BCUT2D eigenvalue weighted by molar-refractivity contribution is 5.86. The van der Waals surface area contributed by atoms with Crippen LogP contribution in [0.25, 0.3) is 0 Å². The molecule has 40 heavy (non-hydrogen) atoms. The normalized spacial score (nSPS) is 15.1. The van der Waals surface area contributed by atoms with Gasteiger partial charge >= 0.3 is 12.2 Å². The average Bonchev–Trinajstić information content (AvgIpc) is 2.90. The van der Waals surface area contributed by atoms with Gasteiger partial charge in [0.15, 0.2) is 0 Å². The topological polar surface area (TPSA) is 126 Å². The van der Waals surface area contributed by atoms with Gasteiger partial charge in [-0.3, -0.25) is 4.79 Å². The van der Waals surface area contributed by atoms with Crippen molar-refractivity contribution in [1.82, 2.24) is 16.0 Å². The molecular weight excluding hydrogens is 510 g/mol. The van der Waals surface area contributed by atoms with E-state index in [9.17, 15) is 19.5 Å². The molecule has 2 aromatic rings. The van der Waals surface area contributed by atoms with Gasteiger partial charge in [0.05, 0.1) is 19.3 Å². The minimum absolute atomic E-state index is 0.157. The molecule has 2 rings (SSSR count). The van der Waals surface area contributed by atoms with Gasteiger partial charge < -0.3 is 30.5 Å². The SMILES string of the molecule is CC[C@H](C)[C@H](NC(=O)OC)C(=O)N[C@@H](Cc1ccccc1)[C@@H](O)C[C@H](Cc1ccccc1)NC(=O)OC(C)(C)C. The minimum atomic E-state index is -1.02. The average molecular weight is 556 g/mol. The number of aliphatic hydroxyl groups is 1.